The lowest BCUT2D eigenvalue weighted by Crippen LogP contribution is -2.33. The Bertz CT molecular complexity index is 383. The predicted molar refractivity (Wildman–Crippen MR) is 52.4 cm³/mol. The van der Waals surface area contributed by atoms with E-state index >= 15 is 0 Å². The Morgan fingerprint density at radius 3 is 2.60 bits per heavy atom. The minimum atomic E-state index is -0.840. The maximum atomic E-state index is 13.3. The first-order chi connectivity index (χ1) is 7.17. The van der Waals surface area contributed by atoms with Crippen LogP contribution < -0.4 is 0 Å². The molecular formula is C12H12F2O. The fourth-order valence-corrected chi connectivity index (χ4v) is 2.03. The van der Waals surface area contributed by atoms with Crippen molar-refractivity contribution in [1.29, 1.82) is 0 Å². The number of carbonyl (C=O) groups is 1. The van der Waals surface area contributed by atoms with E-state index in [0.29, 0.717) is 12.0 Å². The van der Waals surface area contributed by atoms with Gasteiger partial charge in [0.2, 0.25) is 0 Å². The second kappa shape index (κ2) is 3.72. The summed E-state index contributed by atoms with van der Waals surface area (Å²) in [5.74, 6) is -1.65. The topological polar surface area (TPSA) is 17.1 Å². The third-order valence-electron chi connectivity index (χ3n) is 3.17. The van der Waals surface area contributed by atoms with E-state index in [0.717, 1.165) is 31.6 Å². The number of halogens is 2. The molecule has 80 valence electrons. The molecule has 0 saturated heterocycles. The number of hydrogen-bond acceptors (Lipinski definition) is 1. The van der Waals surface area contributed by atoms with Crippen molar-refractivity contribution in [2.24, 2.45) is 5.41 Å². The zero-order valence-corrected chi connectivity index (χ0v) is 8.30. The van der Waals surface area contributed by atoms with Crippen molar-refractivity contribution in [2.45, 2.75) is 25.7 Å². The molecule has 3 heteroatoms. The van der Waals surface area contributed by atoms with E-state index in [1.54, 1.807) is 6.07 Å². The van der Waals surface area contributed by atoms with Gasteiger partial charge < -0.3 is 4.79 Å². The fourth-order valence-electron chi connectivity index (χ4n) is 2.03. The summed E-state index contributed by atoms with van der Waals surface area (Å²) in [5.41, 5.74) is -0.129. The second-order valence-electron chi connectivity index (χ2n) is 4.22. The summed E-state index contributed by atoms with van der Waals surface area (Å²) in [6, 6.07) is 4.11. The summed E-state index contributed by atoms with van der Waals surface area (Å²) in [7, 11) is 0. The lowest BCUT2D eigenvalue weighted by molar-refractivity contribution is -0.120. The van der Waals surface area contributed by atoms with Crippen molar-refractivity contribution >= 4 is 6.29 Å². The summed E-state index contributed by atoms with van der Waals surface area (Å²) in [4.78, 5) is 10.9. The average molecular weight is 210 g/mol. The van der Waals surface area contributed by atoms with Crippen molar-refractivity contribution in [1.82, 2.24) is 0 Å². The molecule has 1 aliphatic carbocycles. The molecule has 1 nitrogen and oxygen atoms in total. The predicted octanol–water partition coefficient (Wildman–Crippen LogP) is 2.88. The van der Waals surface area contributed by atoms with Crippen LogP contribution in [0.5, 0.6) is 0 Å². The van der Waals surface area contributed by atoms with E-state index in [9.17, 15) is 13.6 Å². The molecule has 1 aromatic carbocycles. The van der Waals surface area contributed by atoms with Gasteiger partial charge in [0, 0.05) is 5.41 Å². The normalized spacial score (nSPS) is 18.3. The van der Waals surface area contributed by atoms with E-state index in [4.69, 9.17) is 0 Å². The Morgan fingerprint density at radius 2 is 2.07 bits per heavy atom. The highest BCUT2D eigenvalue weighted by atomic mass is 19.2. The Balaban J connectivity index is 2.23. The summed E-state index contributed by atoms with van der Waals surface area (Å²) >= 11 is 0. The minimum absolute atomic E-state index is 0.307. The fraction of sp³-hybridized carbons (Fsp3) is 0.417. The molecule has 1 saturated carbocycles. The van der Waals surface area contributed by atoms with Crippen molar-refractivity contribution in [3.8, 4) is 0 Å². The molecule has 0 amide bonds. The van der Waals surface area contributed by atoms with Crippen LogP contribution in [0.3, 0.4) is 0 Å². The molecule has 0 aromatic heterocycles. The number of aldehydes is 1. The second-order valence-corrected chi connectivity index (χ2v) is 4.22. The molecule has 1 aromatic rings. The number of carbonyl (C=O) groups excluding carboxylic acids is 1. The van der Waals surface area contributed by atoms with Gasteiger partial charge in [0.25, 0.3) is 0 Å². The lowest BCUT2D eigenvalue weighted by atomic mass is 9.66. The molecule has 0 N–H and O–H groups in total. The van der Waals surface area contributed by atoms with Crippen LogP contribution >= 0.6 is 0 Å². The van der Waals surface area contributed by atoms with Gasteiger partial charge in [-0.15, -0.1) is 0 Å². The van der Waals surface area contributed by atoms with E-state index in [2.05, 4.69) is 0 Å². The third-order valence-corrected chi connectivity index (χ3v) is 3.17. The molecule has 0 heterocycles. The first-order valence-electron chi connectivity index (χ1n) is 5.06. The van der Waals surface area contributed by atoms with E-state index in [-0.39, 0.29) is 0 Å². The smallest absolute Gasteiger partial charge is 0.162 e. The molecule has 15 heavy (non-hydrogen) atoms. The van der Waals surface area contributed by atoms with Gasteiger partial charge in [-0.05, 0) is 30.9 Å². The summed E-state index contributed by atoms with van der Waals surface area (Å²) in [6.45, 7) is 0. The van der Waals surface area contributed by atoms with Crippen LogP contribution in [0.2, 0.25) is 0 Å². The summed E-state index contributed by atoms with van der Waals surface area (Å²) < 4.78 is 26.3. The Morgan fingerprint density at radius 1 is 1.33 bits per heavy atom. The molecule has 1 aliphatic rings. The molecular weight excluding hydrogens is 198 g/mol. The quantitative estimate of drug-likeness (QED) is 0.701. The van der Waals surface area contributed by atoms with Crippen LogP contribution in [-0.2, 0) is 11.2 Å². The number of rotatable bonds is 3. The van der Waals surface area contributed by atoms with Gasteiger partial charge in [-0.25, -0.2) is 8.78 Å². The van der Waals surface area contributed by atoms with E-state index in [1.807, 2.05) is 0 Å². The molecule has 0 bridgehead atoms. The van der Waals surface area contributed by atoms with Crippen LogP contribution in [0.25, 0.3) is 0 Å². The van der Waals surface area contributed by atoms with Crippen molar-refractivity contribution in [2.75, 3.05) is 0 Å². The van der Waals surface area contributed by atoms with Crippen molar-refractivity contribution in [3.05, 3.63) is 35.4 Å². The molecule has 0 radical (unpaired) electrons. The first kappa shape index (κ1) is 10.3. The van der Waals surface area contributed by atoms with Gasteiger partial charge >= 0.3 is 0 Å². The molecule has 1 fully saturated rings. The zero-order chi connectivity index (χ0) is 10.9. The highest BCUT2D eigenvalue weighted by molar-refractivity contribution is 5.61. The third kappa shape index (κ3) is 1.78. The maximum absolute atomic E-state index is 13.3. The van der Waals surface area contributed by atoms with E-state index in [1.165, 1.54) is 6.07 Å². The SMILES string of the molecule is O=CC1(Cc2cccc(F)c2F)CCC1. The minimum Gasteiger partial charge on any atom is -0.303 e. The summed E-state index contributed by atoms with van der Waals surface area (Å²) in [6.07, 6.45) is 3.77. The standard InChI is InChI=1S/C12H12F2O/c13-10-4-1-3-9(11(10)14)7-12(8-15)5-2-6-12/h1,3-4,8H,2,5-7H2. The van der Waals surface area contributed by atoms with Crippen LogP contribution in [0.15, 0.2) is 18.2 Å². The number of hydrogen-bond donors (Lipinski definition) is 0. The van der Waals surface area contributed by atoms with Gasteiger partial charge in [0.05, 0.1) is 0 Å². The summed E-state index contributed by atoms with van der Waals surface area (Å²) in [5, 5.41) is 0. The molecule has 2 rings (SSSR count). The Kier molecular flexibility index (Phi) is 2.55. The van der Waals surface area contributed by atoms with Crippen LogP contribution in [-0.4, -0.2) is 6.29 Å². The molecule has 0 spiro atoms. The monoisotopic (exact) mass is 210 g/mol. The molecule has 0 atom stereocenters. The average Bonchev–Trinajstić information content (AvgIpc) is 2.18. The first-order valence-corrected chi connectivity index (χ1v) is 5.06. The maximum Gasteiger partial charge on any atom is 0.162 e. The largest absolute Gasteiger partial charge is 0.303 e. The van der Waals surface area contributed by atoms with Crippen molar-refractivity contribution in [3.63, 3.8) is 0 Å². The van der Waals surface area contributed by atoms with Crippen LogP contribution in [0, 0.1) is 17.0 Å². The van der Waals surface area contributed by atoms with Crippen LogP contribution in [0.1, 0.15) is 24.8 Å². The zero-order valence-electron chi connectivity index (χ0n) is 8.30. The molecule has 0 aliphatic heterocycles. The Labute approximate surface area is 87.1 Å². The van der Waals surface area contributed by atoms with Crippen molar-refractivity contribution < 1.29 is 13.6 Å². The highest BCUT2D eigenvalue weighted by Crippen LogP contribution is 2.42. The highest BCUT2D eigenvalue weighted by Gasteiger charge is 2.37. The molecule has 0 unspecified atom stereocenters. The lowest BCUT2D eigenvalue weighted by Gasteiger charge is -2.36. The van der Waals surface area contributed by atoms with E-state index < -0.39 is 17.0 Å². The number of benzene rings is 1. The van der Waals surface area contributed by atoms with Gasteiger partial charge in [-0.2, -0.15) is 0 Å². The van der Waals surface area contributed by atoms with Gasteiger partial charge in [0.15, 0.2) is 11.6 Å². The van der Waals surface area contributed by atoms with Gasteiger partial charge in [-0.1, -0.05) is 18.6 Å². The Hall–Kier alpha value is -1.25. The van der Waals surface area contributed by atoms with Gasteiger partial charge in [-0.3, -0.25) is 0 Å². The van der Waals surface area contributed by atoms with Crippen LogP contribution in [0.4, 0.5) is 8.78 Å². The van der Waals surface area contributed by atoms with Gasteiger partial charge in [0.1, 0.15) is 6.29 Å².